The summed E-state index contributed by atoms with van der Waals surface area (Å²) in [5.74, 6) is -0.818. The highest BCUT2D eigenvalue weighted by Gasteiger charge is 2.17. The van der Waals surface area contributed by atoms with Crippen LogP contribution in [0.5, 0.6) is 0 Å². The van der Waals surface area contributed by atoms with Crippen molar-refractivity contribution in [2.75, 3.05) is 0 Å². The average molecular weight is 236 g/mol. The maximum absolute atomic E-state index is 13.4. The molecule has 17 heavy (non-hydrogen) atoms. The van der Waals surface area contributed by atoms with Crippen LogP contribution in [-0.4, -0.2) is 11.1 Å². The van der Waals surface area contributed by atoms with Crippen molar-refractivity contribution in [3.8, 4) is 0 Å². The molecule has 0 atom stereocenters. The van der Waals surface area contributed by atoms with Crippen molar-refractivity contribution in [1.29, 1.82) is 0 Å². The highest BCUT2D eigenvalue weighted by Crippen LogP contribution is 2.33. The molecule has 1 aromatic carbocycles. The zero-order valence-electron chi connectivity index (χ0n) is 9.79. The third-order valence-corrected chi connectivity index (χ3v) is 3.41. The predicted molar refractivity (Wildman–Crippen MR) is 63.6 cm³/mol. The number of halogens is 1. The Kier molecular flexibility index (Phi) is 3.77. The van der Waals surface area contributed by atoms with Gasteiger partial charge in [0, 0.05) is 0 Å². The molecule has 1 aliphatic rings. The van der Waals surface area contributed by atoms with Crippen LogP contribution in [-0.2, 0) is 11.2 Å². The van der Waals surface area contributed by atoms with E-state index in [0.717, 1.165) is 18.4 Å². The zero-order valence-corrected chi connectivity index (χ0v) is 9.79. The van der Waals surface area contributed by atoms with Gasteiger partial charge in [-0.2, -0.15) is 0 Å². The van der Waals surface area contributed by atoms with E-state index >= 15 is 0 Å². The van der Waals surface area contributed by atoms with E-state index in [2.05, 4.69) is 0 Å². The molecule has 1 N–H and O–H groups in total. The first-order valence-electron chi connectivity index (χ1n) is 6.16. The number of carboxylic acid groups (broad SMARTS) is 1. The molecule has 1 aromatic rings. The molecule has 2 rings (SSSR count). The number of carbonyl (C=O) groups is 1. The Balaban J connectivity index is 2.20. The Morgan fingerprint density at radius 2 is 1.94 bits per heavy atom. The van der Waals surface area contributed by atoms with Gasteiger partial charge in [0.05, 0.1) is 6.42 Å². The Hall–Kier alpha value is -1.38. The minimum Gasteiger partial charge on any atom is -0.481 e. The van der Waals surface area contributed by atoms with Gasteiger partial charge in [0.2, 0.25) is 0 Å². The van der Waals surface area contributed by atoms with E-state index in [0.29, 0.717) is 11.5 Å². The Bertz CT molecular complexity index is 409. The fraction of sp³-hybridized carbons (Fsp3) is 0.500. The van der Waals surface area contributed by atoms with Gasteiger partial charge in [0.25, 0.3) is 0 Å². The molecule has 0 bridgehead atoms. The minimum absolute atomic E-state index is 0.0997. The van der Waals surface area contributed by atoms with Crippen molar-refractivity contribution in [1.82, 2.24) is 0 Å². The van der Waals surface area contributed by atoms with Crippen LogP contribution in [0.25, 0.3) is 0 Å². The van der Waals surface area contributed by atoms with Crippen molar-refractivity contribution >= 4 is 5.97 Å². The summed E-state index contributed by atoms with van der Waals surface area (Å²) in [6.07, 6.45) is 5.72. The van der Waals surface area contributed by atoms with E-state index in [-0.39, 0.29) is 12.2 Å². The number of rotatable bonds is 3. The number of benzene rings is 1. The maximum Gasteiger partial charge on any atom is 0.307 e. The lowest BCUT2D eigenvalue weighted by Gasteiger charge is -2.22. The van der Waals surface area contributed by atoms with Crippen LogP contribution in [0, 0.1) is 5.82 Å². The van der Waals surface area contributed by atoms with Gasteiger partial charge in [0.1, 0.15) is 5.82 Å². The first kappa shape index (κ1) is 12.1. The van der Waals surface area contributed by atoms with Gasteiger partial charge in [0.15, 0.2) is 0 Å². The van der Waals surface area contributed by atoms with E-state index in [1.165, 1.54) is 25.3 Å². The molecule has 0 aromatic heterocycles. The zero-order chi connectivity index (χ0) is 12.3. The summed E-state index contributed by atoms with van der Waals surface area (Å²) in [5, 5.41) is 8.74. The standard InChI is InChI=1S/C14H17FO2/c15-13-7-10(8-14(16)17)6-12(9-13)11-4-2-1-3-5-11/h6-7,9,11H,1-5,8H2,(H,16,17). The Morgan fingerprint density at radius 3 is 2.59 bits per heavy atom. The lowest BCUT2D eigenvalue weighted by atomic mass is 9.83. The Morgan fingerprint density at radius 1 is 1.24 bits per heavy atom. The van der Waals surface area contributed by atoms with Crippen molar-refractivity contribution < 1.29 is 14.3 Å². The number of hydrogen-bond donors (Lipinski definition) is 1. The summed E-state index contributed by atoms with van der Waals surface area (Å²) in [6.45, 7) is 0. The number of aliphatic carboxylic acids is 1. The number of carboxylic acids is 1. The molecule has 1 aliphatic carbocycles. The van der Waals surface area contributed by atoms with Crippen LogP contribution in [0.3, 0.4) is 0 Å². The summed E-state index contributed by atoms with van der Waals surface area (Å²) in [7, 11) is 0. The summed E-state index contributed by atoms with van der Waals surface area (Å²) in [5.41, 5.74) is 1.54. The van der Waals surface area contributed by atoms with E-state index in [9.17, 15) is 9.18 Å². The van der Waals surface area contributed by atoms with Gasteiger partial charge in [-0.1, -0.05) is 25.3 Å². The van der Waals surface area contributed by atoms with Crippen LogP contribution in [0.15, 0.2) is 18.2 Å². The fourth-order valence-corrected chi connectivity index (χ4v) is 2.62. The van der Waals surface area contributed by atoms with Gasteiger partial charge in [-0.3, -0.25) is 4.79 Å². The van der Waals surface area contributed by atoms with Gasteiger partial charge >= 0.3 is 5.97 Å². The van der Waals surface area contributed by atoms with E-state index in [1.54, 1.807) is 6.07 Å². The molecule has 92 valence electrons. The van der Waals surface area contributed by atoms with E-state index < -0.39 is 5.97 Å². The van der Waals surface area contributed by atoms with Crippen LogP contribution in [0.1, 0.15) is 49.1 Å². The van der Waals surface area contributed by atoms with Crippen LogP contribution in [0.2, 0.25) is 0 Å². The topological polar surface area (TPSA) is 37.3 Å². The first-order valence-corrected chi connectivity index (χ1v) is 6.16. The minimum atomic E-state index is -0.912. The fourth-order valence-electron chi connectivity index (χ4n) is 2.62. The van der Waals surface area contributed by atoms with Gasteiger partial charge in [-0.15, -0.1) is 0 Å². The second-order valence-corrected chi connectivity index (χ2v) is 4.80. The largest absolute Gasteiger partial charge is 0.481 e. The lowest BCUT2D eigenvalue weighted by molar-refractivity contribution is -0.136. The quantitative estimate of drug-likeness (QED) is 0.872. The maximum atomic E-state index is 13.4. The third-order valence-electron chi connectivity index (χ3n) is 3.41. The highest BCUT2D eigenvalue weighted by molar-refractivity contribution is 5.70. The van der Waals surface area contributed by atoms with Crippen LogP contribution in [0.4, 0.5) is 4.39 Å². The molecule has 0 spiro atoms. The average Bonchev–Trinajstić information content (AvgIpc) is 2.28. The lowest BCUT2D eigenvalue weighted by Crippen LogP contribution is -2.07. The van der Waals surface area contributed by atoms with Crippen LogP contribution < -0.4 is 0 Å². The molecule has 1 saturated carbocycles. The monoisotopic (exact) mass is 236 g/mol. The molecule has 2 nitrogen and oxygen atoms in total. The molecule has 0 saturated heterocycles. The molecule has 1 fully saturated rings. The number of hydrogen-bond acceptors (Lipinski definition) is 1. The molecule has 0 aliphatic heterocycles. The first-order chi connectivity index (χ1) is 8.15. The molecule has 0 radical (unpaired) electrons. The van der Waals surface area contributed by atoms with Gasteiger partial charge < -0.3 is 5.11 Å². The SMILES string of the molecule is O=C(O)Cc1cc(F)cc(C2CCCCC2)c1. The summed E-state index contributed by atoms with van der Waals surface area (Å²) < 4.78 is 13.4. The van der Waals surface area contributed by atoms with E-state index in [1.807, 2.05) is 6.07 Å². The van der Waals surface area contributed by atoms with Gasteiger partial charge in [-0.05, 0) is 42.0 Å². The molecule has 0 unspecified atom stereocenters. The second-order valence-electron chi connectivity index (χ2n) is 4.80. The third kappa shape index (κ3) is 3.29. The van der Waals surface area contributed by atoms with Gasteiger partial charge in [-0.25, -0.2) is 4.39 Å². The summed E-state index contributed by atoms with van der Waals surface area (Å²) in [4.78, 5) is 10.6. The molecule has 0 heterocycles. The summed E-state index contributed by atoms with van der Waals surface area (Å²) in [6, 6.07) is 4.73. The highest BCUT2D eigenvalue weighted by atomic mass is 19.1. The predicted octanol–water partition coefficient (Wildman–Crippen LogP) is 3.50. The van der Waals surface area contributed by atoms with Crippen molar-refractivity contribution in [2.45, 2.75) is 44.4 Å². The molecular weight excluding hydrogens is 219 g/mol. The smallest absolute Gasteiger partial charge is 0.307 e. The van der Waals surface area contributed by atoms with Crippen molar-refractivity contribution in [3.05, 3.63) is 35.1 Å². The van der Waals surface area contributed by atoms with Crippen LogP contribution >= 0.6 is 0 Å². The second kappa shape index (κ2) is 5.30. The Labute approximate surface area is 100 Å². The molecule has 3 heteroatoms. The molecule has 0 amide bonds. The summed E-state index contributed by atoms with van der Waals surface area (Å²) >= 11 is 0. The normalized spacial score (nSPS) is 17.0. The molecular formula is C14H17FO2. The van der Waals surface area contributed by atoms with Crippen molar-refractivity contribution in [2.24, 2.45) is 0 Å². The van der Waals surface area contributed by atoms with Crippen molar-refractivity contribution in [3.63, 3.8) is 0 Å². The van der Waals surface area contributed by atoms with E-state index in [4.69, 9.17) is 5.11 Å².